The fourth-order valence-electron chi connectivity index (χ4n) is 8.75. The van der Waals surface area contributed by atoms with E-state index < -0.39 is 32.7 Å². The predicted molar refractivity (Wildman–Crippen MR) is 238 cm³/mol. The second-order valence-corrected chi connectivity index (χ2v) is 19.1. The van der Waals surface area contributed by atoms with Gasteiger partial charge in [0.2, 0.25) is 0 Å². The molecule has 0 aliphatic carbocycles. The Balaban J connectivity index is 4.19. The highest BCUT2D eigenvalue weighted by atomic mass is 32.2. The van der Waals surface area contributed by atoms with Crippen LogP contribution in [0.5, 0.6) is 0 Å². The van der Waals surface area contributed by atoms with Crippen molar-refractivity contribution in [2.45, 2.75) is 289 Å². The number of rotatable bonds is 46. The average Bonchev–Trinajstić information content (AvgIpc) is 3.15. The summed E-state index contributed by atoms with van der Waals surface area (Å²) in [6.45, 7) is 4.53. The van der Waals surface area contributed by atoms with Gasteiger partial charge in [-0.15, -0.1) is 0 Å². The van der Waals surface area contributed by atoms with Crippen LogP contribution in [0.25, 0.3) is 0 Å². The zero-order chi connectivity index (χ0) is 41.4. The van der Waals surface area contributed by atoms with Crippen LogP contribution in [0.1, 0.15) is 284 Å². The molecule has 0 aromatic carbocycles. The van der Waals surface area contributed by atoms with Crippen molar-refractivity contribution < 1.29 is 32.8 Å². The smallest absolute Gasteiger partial charge is 0.325 e. The van der Waals surface area contributed by atoms with E-state index in [0.717, 1.165) is 51.4 Å². The number of carboxylic acid groups (broad SMARTS) is 2. The Hall–Kier alpha value is -1.15. The molecule has 3 N–H and O–H groups in total. The molecule has 8 heteroatoms. The number of unbranched alkanes of at least 4 members (excludes halogenated alkanes) is 38. The van der Waals surface area contributed by atoms with Gasteiger partial charge in [-0.05, 0) is 12.8 Å². The van der Waals surface area contributed by atoms with Crippen LogP contribution in [0.15, 0.2) is 0 Å². The van der Waals surface area contributed by atoms with Crippen molar-refractivity contribution >= 4 is 22.1 Å². The molecule has 0 aromatic rings. The molecule has 0 fully saturated rings. The lowest BCUT2D eigenvalue weighted by molar-refractivity contribution is -0.156. The highest BCUT2D eigenvalue weighted by Gasteiger charge is 2.55. The van der Waals surface area contributed by atoms with Crippen LogP contribution in [0.3, 0.4) is 0 Å². The molecule has 1 atom stereocenters. The van der Waals surface area contributed by atoms with Crippen LogP contribution in [0.4, 0.5) is 0 Å². The highest BCUT2D eigenvalue weighted by Crippen LogP contribution is 2.39. The van der Waals surface area contributed by atoms with Crippen molar-refractivity contribution in [1.82, 2.24) is 0 Å². The van der Waals surface area contributed by atoms with Crippen LogP contribution in [0.2, 0.25) is 0 Å². The summed E-state index contributed by atoms with van der Waals surface area (Å²) >= 11 is 0. The molecular weight excluding hydrogens is 721 g/mol. The second-order valence-electron chi connectivity index (χ2n) is 17.6. The van der Waals surface area contributed by atoms with Gasteiger partial charge < -0.3 is 10.2 Å². The lowest BCUT2D eigenvalue weighted by atomic mass is 9.74. The van der Waals surface area contributed by atoms with Gasteiger partial charge >= 0.3 is 11.9 Å². The summed E-state index contributed by atoms with van der Waals surface area (Å²) in [5.74, 6) is -3.21. The minimum Gasteiger partial charge on any atom is -0.481 e. The fourth-order valence-corrected chi connectivity index (χ4v) is 9.91. The van der Waals surface area contributed by atoms with Crippen molar-refractivity contribution in [1.29, 1.82) is 0 Å². The zero-order valence-electron chi connectivity index (χ0n) is 37.2. The summed E-state index contributed by atoms with van der Waals surface area (Å²) in [5.41, 5.74) is -2.03. The number of carboxylic acids is 2. The van der Waals surface area contributed by atoms with E-state index in [9.17, 15) is 32.8 Å². The van der Waals surface area contributed by atoms with E-state index in [1.165, 1.54) is 193 Å². The summed E-state index contributed by atoms with van der Waals surface area (Å²) in [6.07, 6.45) is 48.7. The van der Waals surface area contributed by atoms with Gasteiger partial charge in [-0.1, -0.05) is 271 Å². The SMILES string of the molecule is CCCCCCCCCCCCCCCCCCCCCCC(CCCCCCCCCCCCCCCCCCCCCC)(C(=O)O)C(C(=O)O)S(=O)(=O)O. The number of aliphatic carboxylic acids is 2. The monoisotopic (exact) mass is 815 g/mol. The summed E-state index contributed by atoms with van der Waals surface area (Å²) in [5, 5.41) is 17.8. The lowest BCUT2D eigenvalue weighted by Crippen LogP contribution is -2.51. The van der Waals surface area contributed by atoms with Gasteiger partial charge in [-0.3, -0.25) is 14.1 Å². The lowest BCUT2D eigenvalue weighted by Gasteiger charge is -2.33. The molecular formula is C48H94O7S. The largest absolute Gasteiger partial charge is 0.481 e. The van der Waals surface area contributed by atoms with Gasteiger partial charge in [-0.2, -0.15) is 8.42 Å². The molecule has 0 saturated heterocycles. The standard InChI is InChI=1S/C48H94O7S/c1-3-5-7-9-11-13-15-17-19-21-23-25-27-29-31-33-35-37-39-41-43-48(47(51)52,45(46(49)50)56(53,54)55)44-42-40-38-36-34-32-30-28-26-24-22-20-18-16-14-12-10-8-6-4-2/h45H,3-44H2,1-2H3,(H,49,50)(H,51,52)(H,53,54,55). The van der Waals surface area contributed by atoms with Gasteiger partial charge in [0.15, 0.2) is 5.25 Å². The van der Waals surface area contributed by atoms with E-state index in [1.807, 2.05) is 0 Å². The van der Waals surface area contributed by atoms with Crippen LogP contribution in [-0.4, -0.2) is 40.4 Å². The van der Waals surface area contributed by atoms with Crippen molar-refractivity contribution in [2.75, 3.05) is 0 Å². The van der Waals surface area contributed by atoms with Crippen molar-refractivity contribution in [3.63, 3.8) is 0 Å². The molecule has 0 saturated carbocycles. The number of hydrogen-bond donors (Lipinski definition) is 3. The summed E-state index contributed by atoms with van der Waals surface area (Å²) in [7, 11) is -5.10. The third-order valence-corrected chi connectivity index (χ3v) is 13.7. The molecule has 334 valence electrons. The topological polar surface area (TPSA) is 129 Å². The Morgan fingerprint density at radius 3 is 0.696 bits per heavy atom. The van der Waals surface area contributed by atoms with E-state index in [0.29, 0.717) is 12.8 Å². The zero-order valence-corrected chi connectivity index (χ0v) is 38.0. The van der Waals surface area contributed by atoms with Crippen LogP contribution >= 0.6 is 0 Å². The summed E-state index contributed by atoms with van der Waals surface area (Å²) in [6, 6.07) is 0. The Bertz CT molecular complexity index is 938. The predicted octanol–water partition coefficient (Wildman–Crippen LogP) is 15.8. The Morgan fingerprint density at radius 1 is 0.375 bits per heavy atom. The highest BCUT2D eigenvalue weighted by molar-refractivity contribution is 7.87. The summed E-state index contributed by atoms with van der Waals surface area (Å²) in [4.78, 5) is 24.8. The second kappa shape index (κ2) is 39.3. The Morgan fingerprint density at radius 2 is 0.554 bits per heavy atom. The summed E-state index contributed by atoms with van der Waals surface area (Å²) < 4.78 is 34.4. The molecule has 56 heavy (non-hydrogen) atoms. The third kappa shape index (κ3) is 31.8. The first-order valence-corrected chi connectivity index (χ1v) is 26.1. The van der Waals surface area contributed by atoms with E-state index >= 15 is 0 Å². The van der Waals surface area contributed by atoms with E-state index in [1.54, 1.807) is 0 Å². The number of carbonyl (C=O) groups is 2. The molecule has 0 amide bonds. The first-order valence-electron chi connectivity index (χ1n) is 24.6. The van der Waals surface area contributed by atoms with Crippen LogP contribution < -0.4 is 0 Å². The molecule has 7 nitrogen and oxygen atoms in total. The van der Waals surface area contributed by atoms with Crippen molar-refractivity contribution in [3.05, 3.63) is 0 Å². The van der Waals surface area contributed by atoms with Crippen LogP contribution in [0, 0.1) is 5.41 Å². The van der Waals surface area contributed by atoms with Gasteiger partial charge in [-0.25, -0.2) is 0 Å². The van der Waals surface area contributed by atoms with Crippen molar-refractivity contribution in [3.8, 4) is 0 Å². The van der Waals surface area contributed by atoms with Gasteiger partial charge in [0.05, 0.1) is 5.41 Å². The Labute approximate surface area is 347 Å². The normalized spacial score (nSPS) is 12.7. The average molecular weight is 815 g/mol. The van der Waals surface area contributed by atoms with Gasteiger partial charge in [0, 0.05) is 0 Å². The van der Waals surface area contributed by atoms with Gasteiger partial charge in [0.25, 0.3) is 10.1 Å². The third-order valence-electron chi connectivity index (χ3n) is 12.4. The fraction of sp³-hybridized carbons (Fsp3) is 0.958. The van der Waals surface area contributed by atoms with Gasteiger partial charge in [0.1, 0.15) is 0 Å². The minimum atomic E-state index is -5.10. The molecule has 1 unspecified atom stereocenters. The van der Waals surface area contributed by atoms with E-state index in [-0.39, 0.29) is 12.8 Å². The molecule has 0 radical (unpaired) electrons. The molecule has 0 aliphatic rings. The maximum Gasteiger partial charge on any atom is 0.325 e. The Kier molecular flexibility index (Phi) is 38.5. The maximum atomic E-state index is 12.6. The molecule has 0 heterocycles. The van der Waals surface area contributed by atoms with Crippen LogP contribution in [-0.2, 0) is 19.7 Å². The van der Waals surface area contributed by atoms with E-state index in [2.05, 4.69) is 13.8 Å². The number of hydrogen-bond acceptors (Lipinski definition) is 4. The van der Waals surface area contributed by atoms with E-state index in [4.69, 9.17) is 0 Å². The first kappa shape index (κ1) is 54.9. The minimum absolute atomic E-state index is 0.0584. The molecule has 0 bridgehead atoms. The molecule has 0 aromatic heterocycles. The van der Waals surface area contributed by atoms with Crippen molar-refractivity contribution in [2.24, 2.45) is 5.41 Å². The molecule has 0 aliphatic heterocycles. The quantitative estimate of drug-likeness (QED) is 0.0412. The maximum absolute atomic E-state index is 12.6. The molecule has 0 spiro atoms. The first-order chi connectivity index (χ1) is 27.1. The molecule has 0 rings (SSSR count).